The van der Waals surface area contributed by atoms with Gasteiger partial charge in [-0.1, -0.05) is 0 Å². The number of esters is 1. The number of rotatable bonds is 6. The van der Waals surface area contributed by atoms with Crippen molar-refractivity contribution in [3.63, 3.8) is 0 Å². The fourth-order valence-corrected chi connectivity index (χ4v) is 3.45. The number of nitrogens with one attached hydrogen (secondary N) is 1. The normalized spacial score (nSPS) is 12.2. The number of hydrogen-bond acceptors (Lipinski definition) is 5. The zero-order chi connectivity index (χ0) is 18.6. The van der Waals surface area contributed by atoms with Crippen molar-refractivity contribution in [1.29, 1.82) is 0 Å². The minimum atomic E-state index is -0.776. The Bertz CT molecular complexity index is 795. The van der Waals surface area contributed by atoms with Crippen LogP contribution in [0.3, 0.4) is 0 Å². The van der Waals surface area contributed by atoms with E-state index in [1.165, 1.54) is 30.8 Å². The number of fused-ring (bicyclic) bond motifs is 1. The summed E-state index contributed by atoms with van der Waals surface area (Å²) in [6.45, 7) is 6.70. The molecule has 0 bridgehead atoms. The summed E-state index contributed by atoms with van der Waals surface area (Å²) < 4.78 is 18.8. The lowest BCUT2D eigenvalue weighted by Gasteiger charge is -2.18. The smallest absolute Gasteiger partial charge is 0.329 e. The molecule has 0 spiro atoms. The van der Waals surface area contributed by atoms with Gasteiger partial charge in [0.25, 0.3) is 0 Å². The molecule has 5 nitrogen and oxygen atoms in total. The average molecular weight is 364 g/mol. The molecule has 0 radical (unpaired) electrons. The van der Waals surface area contributed by atoms with Crippen LogP contribution >= 0.6 is 11.8 Å². The number of benzene rings is 1. The van der Waals surface area contributed by atoms with E-state index in [1.54, 1.807) is 19.9 Å². The number of thioether (sulfide) groups is 1. The molecule has 1 aromatic carbocycles. The molecule has 0 fully saturated rings. The predicted molar refractivity (Wildman–Crippen MR) is 96.0 cm³/mol. The van der Waals surface area contributed by atoms with Gasteiger partial charge in [0.15, 0.2) is 0 Å². The van der Waals surface area contributed by atoms with Crippen molar-refractivity contribution in [3.8, 4) is 0 Å². The molecule has 0 unspecified atom stereocenters. The van der Waals surface area contributed by atoms with Crippen LogP contribution in [-0.2, 0) is 14.3 Å². The van der Waals surface area contributed by atoms with Gasteiger partial charge in [-0.15, -0.1) is 11.8 Å². The highest BCUT2D eigenvalue weighted by Gasteiger charge is 2.23. The van der Waals surface area contributed by atoms with Gasteiger partial charge in [-0.25, -0.2) is 9.18 Å². The predicted octanol–water partition coefficient (Wildman–Crippen LogP) is 3.23. The maximum absolute atomic E-state index is 13.6. The zero-order valence-corrected chi connectivity index (χ0v) is 15.4. The van der Waals surface area contributed by atoms with Crippen molar-refractivity contribution < 1.29 is 18.7 Å². The van der Waals surface area contributed by atoms with Crippen LogP contribution in [0.1, 0.15) is 26.5 Å². The molecule has 1 aromatic heterocycles. The summed E-state index contributed by atoms with van der Waals surface area (Å²) in [5.74, 6) is -0.870. The largest absolute Gasteiger partial charge is 0.461 e. The van der Waals surface area contributed by atoms with E-state index in [-0.39, 0.29) is 23.6 Å². The molecule has 2 rings (SSSR count). The van der Waals surface area contributed by atoms with Crippen molar-refractivity contribution in [3.05, 3.63) is 35.8 Å². The van der Waals surface area contributed by atoms with E-state index >= 15 is 0 Å². The van der Waals surface area contributed by atoms with Crippen LogP contribution in [0.5, 0.6) is 0 Å². The molecular formula is C18H21FN2O3S. The minimum Gasteiger partial charge on any atom is -0.461 e. The Hall–Kier alpha value is -2.15. The first-order valence-corrected chi connectivity index (χ1v) is 8.92. The number of nitrogens with zero attached hydrogens (tertiary/aromatic N) is 1. The Labute approximate surface area is 150 Å². The Balaban J connectivity index is 2.24. The third-order valence-electron chi connectivity index (χ3n) is 3.28. The SMILES string of the molecule is CC(=O)N[C@H](CSc1cc(C)nc2ccc(F)cc12)C(=O)OC(C)C. The third kappa shape index (κ3) is 5.42. The van der Waals surface area contributed by atoms with Gasteiger partial charge in [0.05, 0.1) is 11.6 Å². The highest BCUT2D eigenvalue weighted by molar-refractivity contribution is 7.99. The van der Waals surface area contributed by atoms with Crippen molar-refractivity contribution >= 4 is 34.5 Å². The van der Waals surface area contributed by atoms with Crippen LogP contribution in [0.25, 0.3) is 10.9 Å². The second kappa shape index (κ2) is 8.29. The Morgan fingerprint density at radius 2 is 2.04 bits per heavy atom. The second-order valence-electron chi connectivity index (χ2n) is 5.97. The third-order valence-corrected chi connectivity index (χ3v) is 4.43. The molecule has 2 aromatic rings. The number of carbonyl (C=O) groups excluding carboxylic acids is 2. The second-order valence-corrected chi connectivity index (χ2v) is 7.03. The van der Waals surface area contributed by atoms with Gasteiger partial charge in [-0.05, 0) is 45.0 Å². The van der Waals surface area contributed by atoms with E-state index in [2.05, 4.69) is 10.3 Å². The van der Waals surface area contributed by atoms with Crippen LogP contribution in [0.2, 0.25) is 0 Å². The van der Waals surface area contributed by atoms with Gasteiger partial charge >= 0.3 is 5.97 Å². The summed E-state index contributed by atoms with van der Waals surface area (Å²) in [6, 6.07) is 5.47. The summed E-state index contributed by atoms with van der Waals surface area (Å²) in [5.41, 5.74) is 1.48. The number of carbonyl (C=O) groups is 2. The molecule has 134 valence electrons. The quantitative estimate of drug-likeness (QED) is 0.630. The van der Waals surface area contributed by atoms with E-state index in [0.717, 1.165) is 10.6 Å². The number of hydrogen-bond donors (Lipinski definition) is 1. The zero-order valence-electron chi connectivity index (χ0n) is 14.6. The Morgan fingerprint density at radius 3 is 2.68 bits per heavy atom. The molecular weight excluding hydrogens is 343 g/mol. The van der Waals surface area contributed by atoms with Crippen LogP contribution in [0.4, 0.5) is 4.39 Å². The molecule has 1 heterocycles. The van der Waals surface area contributed by atoms with Crippen LogP contribution in [0, 0.1) is 12.7 Å². The summed E-state index contributed by atoms with van der Waals surface area (Å²) >= 11 is 1.36. The van der Waals surface area contributed by atoms with Gasteiger partial charge in [0, 0.05) is 28.7 Å². The highest BCUT2D eigenvalue weighted by atomic mass is 32.2. The molecule has 0 aliphatic heterocycles. The first-order chi connectivity index (χ1) is 11.8. The lowest BCUT2D eigenvalue weighted by Crippen LogP contribution is -2.43. The summed E-state index contributed by atoms with van der Waals surface area (Å²) in [6.07, 6.45) is -0.271. The topological polar surface area (TPSA) is 68.3 Å². The summed E-state index contributed by atoms with van der Waals surface area (Å²) in [5, 5.41) is 3.28. The first kappa shape index (κ1) is 19.2. The Morgan fingerprint density at radius 1 is 1.32 bits per heavy atom. The molecule has 0 saturated heterocycles. The van der Waals surface area contributed by atoms with Crippen LogP contribution < -0.4 is 5.32 Å². The average Bonchev–Trinajstić information content (AvgIpc) is 2.50. The molecule has 0 aliphatic carbocycles. The number of aromatic nitrogens is 1. The fourth-order valence-electron chi connectivity index (χ4n) is 2.31. The maximum Gasteiger partial charge on any atom is 0.329 e. The lowest BCUT2D eigenvalue weighted by molar-refractivity contribution is -0.150. The van der Waals surface area contributed by atoms with E-state index in [1.807, 2.05) is 13.0 Å². The van der Waals surface area contributed by atoms with E-state index in [9.17, 15) is 14.0 Å². The number of ether oxygens (including phenoxy) is 1. The molecule has 1 amide bonds. The van der Waals surface area contributed by atoms with E-state index in [0.29, 0.717) is 10.9 Å². The number of halogens is 1. The standard InChI is InChI=1S/C18H21FN2O3S/c1-10(2)24-18(23)16(21-12(4)22)9-25-17-7-11(3)20-15-6-5-13(19)8-14(15)17/h5-8,10,16H,9H2,1-4H3,(H,21,22)/t16-/m1/s1. The monoisotopic (exact) mass is 364 g/mol. The molecule has 25 heavy (non-hydrogen) atoms. The molecule has 0 aliphatic rings. The van der Waals surface area contributed by atoms with Crippen molar-refractivity contribution in [2.75, 3.05) is 5.75 Å². The van der Waals surface area contributed by atoms with Crippen molar-refractivity contribution in [2.45, 2.75) is 44.7 Å². The number of pyridine rings is 1. The van der Waals surface area contributed by atoms with Gasteiger partial charge in [-0.3, -0.25) is 9.78 Å². The highest BCUT2D eigenvalue weighted by Crippen LogP contribution is 2.29. The van der Waals surface area contributed by atoms with E-state index in [4.69, 9.17) is 4.74 Å². The van der Waals surface area contributed by atoms with Crippen molar-refractivity contribution in [1.82, 2.24) is 10.3 Å². The molecule has 1 N–H and O–H groups in total. The maximum atomic E-state index is 13.6. The van der Waals surface area contributed by atoms with E-state index < -0.39 is 12.0 Å². The van der Waals surface area contributed by atoms with Crippen LogP contribution in [0.15, 0.2) is 29.2 Å². The Kier molecular flexibility index (Phi) is 6.36. The lowest BCUT2D eigenvalue weighted by atomic mass is 10.2. The van der Waals surface area contributed by atoms with Gasteiger partial charge < -0.3 is 10.1 Å². The van der Waals surface area contributed by atoms with Crippen molar-refractivity contribution in [2.24, 2.45) is 0 Å². The molecule has 1 atom stereocenters. The summed E-state index contributed by atoms with van der Waals surface area (Å²) in [4.78, 5) is 28.7. The van der Waals surface area contributed by atoms with Gasteiger partial charge in [0.1, 0.15) is 11.9 Å². The van der Waals surface area contributed by atoms with Gasteiger partial charge in [0.2, 0.25) is 5.91 Å². The van der Waals surface area contributed by atoms with Gasteiger partial charge in [-0.2, -0.15) is 0 Å². The first-order valence-electron chi connectivity index (χ1n) is 7.93. The minimum absolute atomic E-state index is 0.271. The number of amides is 1. The summed E-state index contributed by atoms with van der Waals surface area (Å²) in [7, 11) is 0. The fraction of sp³-hybridized carbons (Fsp3) is 0.389. The van der Waals surface area contributed by atoms with Crippen LogP contribution in [-0.4, -0.2) is 34.8 Å². The molecule has 7 heteroatoms. The number of aryl methyl sites for hydroxylation is 1. The molecule has 0 saturated carbocycles.